The van der Waals surface area contributed by atoms with E-state index >= 15 is 0 Å². The van der Waals surface area contributed by atoms with Gasteiger partial charge in [0, 0.05) is 19.0 Å². The minimum atomic E-state index is -0.0822. The second-order valence-corrected chi connectivity index (χ2v) is 4.11. The number of Topliss-reactive ketones (excluding diaryl/α,β-unsaturated/α-hetero) is 1. The Morgan fingerprint density at radius 3 is 2.88 bits per heavy atom. The first kappa shape index (κ1) is 13.7. The van der Waals surface area contributed by atoms with Crippen LogP contribution in [-0.2, 0) is 6.54 Å². The number of nitrogens with zero attached hydrogens (tertiary/aromatic N) is 2. The highest BCUT2D eigenvalue weighted by Gasteiger charge is 2.23. The molecule has 1 rings (SSSR count). The third-order valence-corrected chi connectivity index (χ3v) is 2.65. The van der Waals surface area contributed by atoms with Crippen molar-refractivity contribution in [2.75, 3.05) is 20.7 Å². The normalized spacial score (nSPS) is 12.5. The van der Waals surface area contributed by atoms with Gasteiger partial charge in [0.15, 0.2) is 11.5 Å². The quantitative estimate of drug-likeness (QED) is 0.730. The monoisotopic (exact) mass is 239 g/mol. The molecule has 0 fully saturated rings. The first-order chi connectivity index (χ1) is 8.15. The topological polar surface area (TPSA) is 56.2 Å². The van der Waals surface area contributed by atoms with E-state index < -0.39 is 0 Å². The second-order valence-electron chi connectivity index (χ2n) is 4.11. The largest absolute Gasteiger partial charge is 0.493 e. The number of nitrogens with one attached hydrogen (secondary N) is 1. The van der Waals surface area contributed by atoms with Crippen LogP contribution < -0.4 is 10.1 Å². The number of hydrogen-bond acceptors (Lipinski definition) is 4. The maximum absolute atomic E-state index is 12.3. The third-order valence-electron chi connectivity index (χ3n) is 2.65. The summed E-state index contributed by atoms with van der Waals surface area (Å²) in [5, 5.41) is 7.20. The molecule has 5 nitrogen and oxygen atoms in total. The Labute approximate surface area is 102 Å². The highest BCUT2D eigenvalue weighted by Crippen LogP contribution is 2.21. The molecule has 0 aromatic carbocycles. The maximum atomic E-state index is 12.3. The Morgan fingerprint density at radius 2 is 2.35 bits per heavy atom. The summed E-state index contributed by atoms with van der Waals surface area (Å²) in [6, 6.07) is 0. The molecular weight excluding hydrogens is 218 g/mol. The van der Waals surface area contributed by atoms with Crippen molar-refractivity contribution < 1.29 is 9.53 Å². The zero-order chi connectivity index (χ0) is 12.8. The molecule has 96 valence electrons. The van der Waals surface area contributed by atoms with Gasteiger partial charge in [0.1, 0.15) is 5.69 Å². The van der Waals surface area contributed by atoms with Crippen LogP contribution in [0.25, 0.3) is 0 Å². The lowest BCUT2D eigenvalue weighted by atomic mass is 10.0. The van der Waals surface area contributed by atoms with Crippen LogP contribution in [0.2, 0.25) is 0 Å². The summed E-state index contributed by atoms with van der Waals surface area (Å²) in [5.74, 6) is 0.551. The molecule has 1 aromatic rings. The van der Waals surface area contributed by atoms with Gasteiger partial charge in [-0.15, -0.1) is 0 Å². The van der Waals surface area contributed by atoms with Crippen molar-refractivity contribution >= 4 is 5.78 Å². The van der Waals surface area contributed by atoms with Gasteiger partial charge < -0.3 is 10.1 Å². The van der Waals surface area contributed by atoms with E-state index in [1.165, 1.54) is 0 Å². The molecule has 0 saturated carbocycles. The van der Waals surface area contributed by atoms with Crippen molar-refractivity contribution in [1.82, 2.24) is 15.1 Å². The van der Waals surface area contributed by atoms with Crippen LogP contribution >= 0.6 is 0 Å². The molecule has 0 spiro atoms. The van der Waals surface area contributed by atoms with Crippen LogP contribution in [0.15, 0.2) is 6.20 Å². The van der Waals surface area contributed by atoms with Crippen LogP contribution in [0.5, 0.6) is 5.75 Å². The highest BCUT2D eigenvalue weighted by atomic mass is 16.5. The molecule has 1 heterocycles. The Morgan fingerprint density at radius 1 is 1.65 bits per heavy atom. The number of ketones is 1. The zero-order valence-corrected chi connectivity index (χ0v) is 11.0. The Hall–Kier alpha value is -1.36. The predicted molar refractivity (Wildman–Crippen MR) is 66.5 cm³/mol. The summed E-state index contributed by atoms with van der Waals surface area (Å²) in [6.07, 6.45) is 2.54. The Bertz CT molecular complexity index is 374. The minimum Gasteiger partial charge on any atom is -0.493 e. The van der Waals surface area contributed by atoms with E-state index in [0.29, 0.717) is 18.0 Å². The van der Waals surface area contributed by atoms with Crippen molar-refractivity contribution in [1.29, 1.82) is 0 Å². The Balaban J connectivity index is 3.00. The van der Waals surface area contributed by atoms with Gasteiger partial charge in [-0.25, -0.2) is 0 Å². The summed E-state index contributed by atoms with van der Waals surface area (Å²) >= 11 is 0. The van der Waals surface area contributed by atoms with E-state index in [4.69, 9.17) is 4.74 Å². The number of carbonyl (C=O) groups is 1. The SMILES string of the molecule is CCCn1ncc(OC)c1C(=O)C(C)CNC. The van der Waals surface area contributed by atoms with Crippen molar-refractivity contribution in [3.05, 3.63) is 11.9 Å². The highest BCUT2D eigenvalue weighted by molar-refractivity contribution is 5.98. The third kappa shape index (κ3) is 3.06. The van der Waals surface area contributed by atoms with Gasteiger partial charge in [0.25, 0.3) is 0 Å². The van der Waals surface area contributed by atoms with E-state index in [0.717, 1.165) is 13.0 Å². The van der Waals surface area contributed by atoms with Crippen molar-refractivity contribution in [2.24, 2.45) is 5.92 Å². The minimum absolute atomic E-state index is 0.0714. The number of methoxy groups -OCH3 is 1. The molecule has 0 amide bonds. The molecule has 0 saturated heterocycles. The molecule has 0 aliphatic carbocycles. The summed E-state index contributed by atoms with van der Waals surface area (Å²) in [4.78, 5) is 12.3. The van der Waals surface area contributed by atoms with Crippen LogP contribution in [-0.4, -0.2) is 36.3 Å². The van der Waals surface area contributed by atoms with Crippen molar-refractivity contribution in [3.8, 4) is 5.75 Å². The number of rotatable bonds is 7. The number of aromatic nitrogens is 2. The molecule has 5 heteroatoms. The summed E-state index contributed by atoms with van der Waals surface area (Å²) in [6.45, 7) is 5.34. The predicted octanol–water partition coefficient (Wildman–Crippen LogP) is 1.34. The lowest BCUT2D eigenvalue weighted by molar-refractivity contribution is 0.0915. The number of ether oxygens (including phenoxy) is 1. The zero-order valence-electron chi connectivity index (χ0n) is 11.0. The molecule has 1 atom stereocenters. The van der Waals surface area contributed by atoms with Crippen LogP contribution in [0.3, 0.4) is 0 Å². The fourth-order valence-electron chi connectivity index (χ4n) is 1.78. The van der Waals surface area contributed by atoms with Crippen molar-refractivity contribution in [3.63, 3.8) is 0 Å². The molecule has 1 N–H and O–H groups in total. The lowest BCUT2D eigenvalue weighted by Crippen LogP contribution is -2.26. The van der Waals surface area contributed by atoms with E-state index in [2.05, 4.69) is 17.3 Å². The molecule has 0 aliphatic heterocycles. The smallest absolute Gasteiger partial charge is 0.188 e. The van der Waals surface area contributed by atoms with E-state index in [-0.39, 0.29) is 11.7 Å². The summed E-state index contributed by atoms with van der Waals surface area (Å²) in [5.41, 5.74) is 0.581. The number of hydrogen-bond donors (Lipinski definition) is 1. The Kier molecular flexibility index (Phi) is 5.15. The summed E-state index contributed by atoms with van der Waals surface area (Å²) in [7, 11) is 3.40. The standard InChI is InChI=1S/C12H21N3O2/c1-5-6-15-11(10(17-4)8-14-15)12(16)9(2)7-13-3/h8-9,13H,5-7H2,1-4H3. The van der Waals surface area contributed by atoms with Gasteiger partial charge in [-0.3, -0.25) is 9.48 Å². The van der Waals surface area contributed by atoms with Gasteiger partial charge in [-0.1, -0.05) is 13.8 Å². The van der Waals surface area contributed by atoms with E-state index in [1.54, 1.807) is 18.0 Å². The number of carbonyl (C=O) groups excluding carboxylic acids is 1. The molecule has 0 bridgehead atoms. The van der Waals surface area contributed by atoms with E-state index in [1.807, 2.05) is 14.0 Å². The van der Waals surface area contributed by atoms with Gasteiger partial charge in [0.05, 0.1) is 13.3 Å². The van der Waals surface area contributed by atoms with Crippen molar-refractivity contribution in [2.45, 2.75) is 26.8 Å². The fourth-order valence-corrected chi connectivity index (χ4v) is 1.78. The average molecular weight is 239 g/mol. The molecule has 0 aliphatic rings. The van der Waals surface area contributed by atoms with E-state index in [9.17, 15) is 4.79 Å². The fraction of sp³-hybridized carbons (Fsp3) is 0.667. The molecule has 0 radical (unpaired) electrons. The lowest BCUT2D eigenvalue weighted by Gasteiger charge is -2.12. The van der Waals surface area contributed by atoms with Crippen LogP contribution in [0, 0.1) is 5.92 Å². The first-order valence-corrected chi connectivity index (χ1v) is 5.94. The van der Waals surface area contributed by atoms with Gasteiger partial charge in [-0.05, 0) is 13.5 Å². The van der Waals surface area contributed by atoms with Gasteiger partial charge in [0.2, 0.25) is 0 Å². The molecule has 1 aromatic heterocycles. The van der Waals surface area contributed by atoms with Crippen LogP contribution in [0.4, 0.5) is 0 Å². The average Bonchev–Trinajstić information content (AvgIpc) is 2.72. The summed E-state index contributed by atoms with van der Waals surface area (Å²) < 4.78 is 6.93. The second kappa shape index (κ2) is 6.39. The number of aryl methyl sites for hydroxylation is 1. The molecule has 1 unspecified atom stereocenters. The van der Waals surface area contributed by atoms with Gasteiger partial charge in [-0.2, -0.15) is 5.10 Å². The molecular formula is C12H21N3O2. The maximum Gasteiger partial charge on any atom is 0.188 e. The van der Waals surface area contributed by atoms with Crippen LogP contribution in [0.1, 0.15) is 30.8 Å². The van der Waals surface area contributed by atoms with Gasteiger partial charge >= 0.3 is 0 Å². The molecule has 17 heavy (non-hydrogen) atoms. The first-order valence-electron chi connectivity index (χ1n) is 5.94.